The van der Waals surface area contributed by atoms with Gasteiger partial charge in [0, 0.05) is 17.8 Å². The first kappa shape index (κ1) is 16.0. The summed E-state index contributed by atoms with van der Waals surface area (Å²) in [5, 5.41) is 8.55. The van der Waals surface area contributed by atoms with E-state index < -0.39 is 0 Å². The largest absolute Gasteiger partial charge is 0.385 e. The molecule has 0 fully saturated rings. The molecule has 0 heterocycles. The Bertz CT molecular complexity index is 478. The summed E-state index contributed by atoms with van der Waals surface area (Å²) in [5.41, 5.74) is 1.00. The molecule has 0 aliphatic carbocycles. The first-order chi connectivity index (χ1) is 9.33. The van der Waals surface area contributed by atoms with Gasteiger partial charge in [-0.15, -0.1) is 0 Å². The SMILES string of the molecule is CCNc1ccccc1C(=O)NCC(=O)NC(C)(C)C. The van der Waals surface area contributed by atoms with Gasteiger partial charge in [-0.3, -0.25) is 9.59 Å². The summed E-state index contributed by atoms with van der Waals surface area (Å²) in [5.74, 6) is -0.461. The second-order valence-electron chi connectivity index (χ2n) is 5.56. The molecular weight excluding hydrogens is 254 g/mol. The van der Waals surface area contributed by atoms with Gasteiger partial charge in [0.2, 0.25) is 5.91 Å². The van der Waals surface area contributed by atoms with Crippen molar-refractivity contribution in [3.63, 3.8) is 0 Å². The molecule has 0 aliphatic rings. The Kier molecular flexibility index (Phi) is 5.55. The lowest BCUT2D eigenvalue weighted by atomic mass is 10.1. The quantitative estimate of drug-likeness (QED) is 0.768. The van der Waals surface area contributed by atoms with E-state index in [1.807, 2.05) is 39.8 Å². The second-order valence-corrected chi connectivity index (χ2v) is 5.56. The second kappa shape index (κ2) is 6.93. The van der Waals surface area contributed by atoms with Crippen molar-refractivity contribution < 1.29 is 9.59 Å². The maximum atomic E-state index is 12.1. The van der Waals surface area contributed by atoms with E-state index in [0.29, 0.717) is 5.56 Å². The van der Waals surface area contributed by atoms with E-state index >= 15 is 0 Å². The van der Waals surface area contributed by atoms with Gasteiger partial charge in [-0.1, -0.05) is 12.1 Å². The third-order valence-electron chi connectivity index (χ3n) is 2.46. The molecule has 1 rings (SSSR count). The van der Waals surface area contributed by atoms with Crippen LogP contribution in [0.25, 0.3) is 0 Å². The van der Waals surface area contributed by atoms with Gasteiger partial charge in [0.05, 0.1) is 12.1 Å². The van der Waals surface area contributed by atoms with Crippen LogP contribution in [0, 0.1) is 0 Å². The molecule has 0 aromatic heterocycles. The molecule has 2 amide bonds. The molecule has 0 radical (unpaired) electrons. The van der Waals surface area contributed by atoms with Crippen LogP contribution in [0.15, 0.2) is 24.3 Å². The van der Waals surface area contributed by atoms with Crippen molar-refractivity contribution in [1.82, 2.24) is 10.6 Å². The number of benzene rings is 1. The molecule has 1 aromatic carbocycles. The lowest BCUT2D eigenvalue weighted by Crippen LogP contribution is -2.45. The van der Waals surface area contributed by atoms with E-state index in [0.717, 1.165) is 12.2 Å². The van der Waals surface area contributed by atoms with Crippen LogP contribution in [-0.2, 0) is 4.79 Å². The van der Waals surface area contributed by atoms with Crippen LogP contribution in [0.4, 0.5) is 5.69 Å². The number of anilines is 1. The van der Waals surface area contributed by atoms with Crippen molar-refractivity contribution in [2.45, 2.75) is 33.2 Å². The zero-order valence-electron chi connectivity index (χ0n) is 12.5. The zero-order valence-corrected chi connectivity index (χ0v) is 12.5. The summed E-state index contributed by atoms with van der Waals surface area (Å²) < 4.78 is 0. The van der Waals surface area contributed by atoms with Crippen LogP contribution in [-0.4, -0.2) is 30.4 Å². The van der Waals surface area contributed by atoms with E-state index in [1.54, 1.807) is 12.1 Å². The highest BCUT2D eigenvalue weighted by molar-refractivity contribution is 6.01. The summed E-state index contributed by atoms with van der Waals surface area (Å²) in [6, 6.07) is 7.23. The topological polar surface area (TPSA) is 70.2 Å². The number of amides is 2. The average molecular weight is 277 g/mol. The van der Waals surface area contributed by atoms with Crippen molar-refractivity contribution in [2.24, 2.45) is 0 Å². The number of para-hydroxylation sites is 1. The third-order valence-corrected chi connectivity index (χ3v) is 2.46. The standard InChI is InChI=1S/C15H23N3O2/c1-5-16-12-9-7-6-8-11(12)14(20)17-10-13(19)18-15(2,3)4/h6-9,16H,5,10H2,1-4H3,(H,17,20)(H,18,19). The predicted octanol–water partition coefficient (Wildman–Crippen LogP) is 1.76. The summed E-state index contributed by atoms with van der Waals surface area (Å²) in [6.45, 7) is 8.35. The third kappa shape index (κ3) is 5.30. The highest BCUT2D eigenvalue weighted by Crippen LogP contribution is 2.14. The van der Waals surface area contributed by atoms with Crippen LogP contribution in [0.1, 0.15) is 38.1 Å². The molecule has 3 N–H and O–H groups in total. The van der Waals surface area contributed by atoms with E-state index in [9.17, 15) is 9.59 Å². The minimum Gasteiger partial charge on any atom is -0.385 e. The van der Waals surface area contributed by atoms with Gasteiger partial charge >= 0.3 is 0 Å². The van der Waals surface area contributed by atoms with Crippen molar-refractivity contribution in [2.75, 3.05) is 18.4 Å². The Labute approximate surface area is 120 Å². The van der Waals surface area contributed by atoms with Gasteiger partial charge in [0.15, 0.2) is 0 Å². The predicted molar refractivity (Wildman–Crippen MR) is 80.8 cm³/mol. The fourth-order valence-electron chi connectivity index (χ4n) is 1.74. The molecule has 0 spiro atoms. The molecule has 0 unspecified atom stereocenters. The average Bonchev–Trinajstić information content (AvgIpc) is 2.35. The minimum atomic E-state index is -0.302. The Morgan fingerprint density at radius 2 is 1.80 bits per heavy atom. The number of nitrogens with one attached hydrogen (secondary N) is 3. The highest BCUT2D eigenvalue weighted by atomic mass is 16.2. The summed E-state index contributed by atoms with van der Waals surface area (Å²) >= 11 is 0. The maximum Gasteiger partial charge on any atom is 0.253 e. The number of hydrogen-bond donors (Lipinski definition) is 3. The number of hydrogen-bond acceptors (Lipinski definition) is 3. The number of rotatable bonds is 5. The first-order valence-corrected chi connectivity index (χ1v) is 6.75. The number of carbonyl (C=O) groups excluding carboxylic acids is 2. The molecule has 0 saturated carbocycles. The van der Waals surface area contributed by atoms with E-state index in [1.165, 1.54) is 0 Å². The molecule has 5 nitrogen and oxygen atoms in total. The lowest BCUT2D eigenvalue weighted by molar-refractivity contribution is -0.121. The summed E-state index contributed by atoms with van der Waals surface area (Å²) in [7, 11) is 0. The monoisotopic (exact) mass is 277 g/mol. The molecule has 0 aliphatic heterocycles. The summed E-state index contributed by atoms with van der Waals surface area (Å²) in [4.78, 5) is 23.7. The van der Waals surface area contributed by atoms with Gasteiger partial charge in [-0.05, 0) is 39.8 Å². The summed E-state index contributed by atoms with van der Waals surface area (Å²) in [6.07, 6.45) is 0. The molecular formula is C15H23N3O2. The molecule has 0 atom stereocenters. The van der Waals surface area contributed by atoms with Crippen LogP contribution in [0.3, 0.4) is 0 Å². The minimum absolute atomic E-state index is 0.0312. The first-order valence-electron chi connectivity index (χ1n) is 6.75. The molecule has 0 saturated heterocycles. The fourth-order valence-corrected chi connectivity index (χ4v) is 1.74. The van der Waals surface area contributed by atoms with Crippen molar-refractivity contribution in [3.05, 3.63) is 29.8 Å². The van der Waals surface area contributed by atoms with E-state index in [4.69, 9.17) is 0 Å². The van der Waals surface area contributed by atoms with Crippen molar-refractivity contribution >= 4 is 17.5 Å². The smallest absolute Gasteiger partial charge is 0.253 e. The zero-order chi connectivity index (χ0) is 15.2. The van der Waals surface area contributed by atoms with Gasteiger partial charge in [-0.2, -0.15) is 0 Å². The maximum absolute atomic E-state index is 12.1. The Balaban J connectivity index is 2.61. The molecule has 0 bridgehead atoms. The molecule has 5 heteroatoms. The highest BCUT2D eigenvalue weighted by Gasteiger charge is 2.15. The van der Waals surface area contributed by atoms with Crippen molar-refractivity contribution in [1.29, 1.82) is 0 Å². The number of carbonyl (C=O) groups is 2. The van der Waals surface area contributed by atoms with Crippen LogP contribution in [0.5, 0.6) is 0 Å². The van der Waals surface area contributed by atoms with Crippen LogP contribution in [0.2, 0.25) is 0 Å². The van der Waals surface area contributed by atoms with Crippen LogP contribution < -0.4 is 16.0 Å². The van der Waals surface area contributed by atoms with E-state index in [-0.39, 0.29) is 23.9 Å². The van der Waals surface area contributed by atoms with Gasteiger partial charge in [0.25, 0.3) is 5.91 Å². The van der Waals surface area contributed by atoms with Crippen molar-refractivity contribution in [3.8, 4) is 0 Å². The van der Waals surface area contributed by atoms with Gasteiger partial charge in [0.1, 0.15) is 0 Å². The fraction of sp³-hybridized carbons (Fsp3) is 0.467. The normalized spacial score (nSPS) is 10.8. The Morgan fingerprint density at radius 1 is 1.15 bits per heavy atom. The van der Waals surface area contributed by atoms with E-state index in [2.05, 4.69) is 16.0 Å². The van der Waals surface area contributed by atoms with Gasteiger partial charge < -0.3 is 16.0 Å². The van der Waals surface area contributed by atoms with Gasteiger partial charge in [-0.25, -0.2) is 0 Å². The Morgan fingerprint density at radius 3 is 2.40 bits per heavy atom. The Hall–Kier alpha value is -2.04. The molecule has 20 heavy (non-hydrogen) atoms. The molecule has 1 aromatic rings. The lowest BCUT2D eigenvalue weighted by Gasteiger charge is -2.20. The van der Waals surface area contributed by atoms with Crippen LogP contribution >= 0.6 is 0 Å². The molecule has 110 valence electrons.